The normalized spacial score (nSPS) is 10.8. The summed E-state index contributed by atoms with van der Waals surface area (Å²) in [6.45, 7) is 16.2. The van der Waals surface area contributed by atoms with Crippen molar-refractivity contribution in [3.05, 3.63) is 24.6 Å². The number of rotatable bonds is 4. The van der Waals surface area contributed by atoms with Gasteiger partial charge < -0.3 is 4.12 Å². The first-order valence-electron chi connectivity index (χ1n) is 3.80. The predicted molar refractivity (Wildman–Crippen MR) is 56.4 cm³/mol. The molecule has 0 aromatic rings. The van der Waals surface area contributed by atoms with Crippen LogP contribution in [0.5, 0.6) is 0 Å². The van der Waals surface area contributed by atoms with Crippen LogP contribution in [0.1, 0.15) is 0 Å². The van der Waals surface area contributed by atoms with Crippen LogP contribution in [0.3, 0.4) is 0 Å². The second-order valence-corrected chi connectivity index (χ2v) is 12.0. The molecule has 13 heavy (non-hydrogen) atoms. The average Bonchev–Trinajstić information content (AvgIpc) is 1.84. The van der Waals surface area contributed by atoms with Gasteiger partial charge in [0.05, 0.1) is 0 Å². The van der Waals surface area contributed by atoms with Gasteiger partial charge in [0.1, 0.15) is 0 Å². The van der Waals surface area contributed by atoms with Gasteiger partial charge in [-0.1, -0.05) is 11.4 Å². The molecule has 0 saturated heterocycles. The largest absolute Gasteiger partial charge is 0.450 e. The van der Waals surface area contributed by atoms with Crippen LogP contribution in [0.25, 0.3) is 0 Å². The Morgan fingerprint density at radius 3 is 1.31 bits per heavy atom. The summed E-state index contributed by atoms with van der Waals surface area (Å²) < 4.78 is 5.97. The van der Waals surface area contributed by atoms with Gasteiger partial charge >= 0.3 is 0 Å². The van der Waals surface area contributed by atoms with Crippen molar-refractivity contribution in [2.24, 2.45) is 0 Å². The van der Waals surface area contributed by atoms with Crippen LogP contribution in [0.2, 0.25) is 26.2 Å². The first kappa shape index (κ1) is 19.7. The molecule has 82 valence electrons. The Morgan fingerprint density at radius 1 is 0.923 bits per heavy atom. The van der Waals surface area contributed by atoms with Crippen molar-refractivity contribution in [1.29, 1.82) is 0 Å². The van der Waals surface area contributed by atoms with Gasteiger partial charge in [0, 0.05) is 40.2 Å². The van der Waals surface area contributed by atoms with Gasteiger partial charge in [-0.3, -0.25) is 0 Å². The molecule has 0 saturated carbocycles. The summed E-state index contributed by atoms with van der Waals surface area (Å²) >= 11 is 0. The van der Waals surface area contributed by atoms with Crippen LogP contribution in [0.4, 0.5) is 0 Å². The van der Waals surface area contributed by atoms with Gasteiger partial charge in [-0.05, 0) is 26.2 Å². The summed E-state index contributed by atoms with van der Waals surface area (Å²) in [6.07, 6.45) is 0. The Hall–Kier alpha value is 1.17. The van der Waals surface area contributed by atoms with Crippen molar-refractivity contribution >= 4 is 16.6 Å². The average molecular weight is 571 g/mol. The molecule has 0 aromatic carbocycles. The first-order chi connectivity index (χ1) is 4.83. The van der Waals surface area contributed by atoms with E-state index in [4.69, 9.17) is 4.12 Å². The molecule has 0 heterocycles. The summed E-state index contributed by atoms with van der Waals surface area (Å²) in [5.41, 5.74) is 3.86. The van der Waals surface area contributed by atoms with E-state index in [9.17, 15) is 0 Å². The Kier molecular flexibility index (Phi) is 11.3. The van der Waals surface area contributed by atoms with E-state index in [2.05, 4.69) is 39.3 Å². The fourth-order valence-corrected chi connectivity index (χ4v) is 6.94. The second kappa shape index (κ2) is 7.46. The van der Waals surface area contributed by atoms with Gasteiger partial charge in [0.15, 0.2) is 8.32 Å². The molecule has 0 aromatic heterocycles. The molecule has 0 N–H and O–H groups in total. The molecule has 0 aliphatic rings. The molecule has 0 rings (SSSR count). The molecule has 1 nitrogen and oxygen atoms in total. The van der Waals surface area contributed by atoms with Crippen LogP contribution in [-0.4, -0.2) is 16.6 Å². The minimum absolute atomic E-state index is 0. The Bertz CT molecular complexity index is 158. The van der Waals surface area contributed by atoms with Crippen molar-refractivity contribution in [1.82, 2.24) is 0 Å². The molecule has 0 fully saturated rings. The molecular formula is C8H18Ir2OSi2. The summed E-state index contributed by atoms with van der Waals surface area (Å²) in [5.74, 6) is 0. The van der Waals surface area contributed by atoms with E-state index < -0.39 is 16.6 Å². The summed E-state index contributed by atoms with van der Waals surface area (Å²) in [4.78, 5) is 0. The fraction of sp³-hybridized carbons (Fsp3) is 0.500. The monoisotopic (exact) mass is 572 g/mol. The molecule has 0 bridgehead atoms. The van der Waals surface area contributed by atoms with Crippen LogP contribution >= 0.6 is 0 Å². The van der Waals surface area contributed by atoms with E-state index in [-0.39, 0.29) is 40.2 Å². The van der Waals surface area contributed by atoms with Gasteiger partial charge in [0.2, 0.25) is 8.32 Å². The number of hydrogen-bond donors (Lipinski definition) is 0. The molecule has 0 unspecified atom stereocenters. The van der Waals surface area contributed by atoms with E-state index in [0.29, 0.717) is 0 Å². The van der Waals surface area contributed by atoms with Crippen molar-refractivity contribution in [3.63, 3.8) is 0 Å². The Labute approximate surface area is 111 Å². The van der Waals surface area contributed by atoms with Crippen molar-refractivity contribution in [2.75, 3.05) is 0 Å². The zero-order valence-electron chi connectivity index (χ0n) is 8.64. The van der Waals surface area contributed by atoms with E-state index in [1.165, 1.54) is 0 Å². The van der Waals surface area contributed by atoms with Gasteiger partial charge in [-0.15, -0.1) is 13.2 Å². The molecule has 5 heteroatoms. The Balaban J connectivity index is -0.000000500. The standard InChI is InChI=1S/C8H18OSi2.2Ir/c1-7-11(6,8-2)9-10(3,4)5;;/h7-8H,1-2H2,3-6H3;;. The maximum absolute atomic E-state index is 5.97. The summed E-state index contributed by atoms with van der Waals surface area (Å²) in [5, 5.41) is 0. The van der Waals surface area contributed by atoms with Crippen molar-refractivity contribution in [3.8, 4) is 0 Å². The smallest absolute Gasteiger partial charge is 0.226 e. The predicted octanol–water partition coefficient (Wildman–Crippen LogP) is 2.86. The molecule has 0 atom stereocenters. The van der Waals surface area contributed by atoms with Gasteiger partial charge in [-0.2, -0.15) is 0 Å². The van der Waals surface area contributed by atoms with E-state index in [0.717, 1.165) is 0 Å². The minimum atomic E-state index is -1.74. The van der Waals surface area contributed by atoms with Crippen LogP contribution in [0.15, 0.2) is 24.6 Å². The molecule has 0 amide bonds. The Morgan fingerprint density at radius 2 is 1.23 bits per heavy atom. The zero-order valence-corrected chi connectivity index (χ0v) is 15.4. The summed E-state index contributed by atoms with van der Waals surface area (Å²) in [6, 6.07) is 0. The minimum Gasteiger partial charge on any atom is -0.450 e. The van der Waals surface area contributed by atoms with Crippen LogP contribution in [0, 0.1) is 0 Å². The second-order valence-electron chi connectivity index (χ2n) is 3.81. The van der Waals surface area contributed by atoms with E-state index >= 15 is 0 Å². The van der Waals surface area contributed by atoms with Crippen molar-refractivity contribution in [2.45, 2.75) is 26.2 Å². The van der Waals surface area contributed by atoms with Crippen LogP contribution in [-0.2, 0) is 44.3 Å². The third-order valence-corrected chi connectivity index (χ3v) is 7.17. The zero-order chi connectivity index (χ0) is 9.12. The maximum Gasteiger partial charge on any atom is 0.226 e. The molecule has 2 radical (unpaired) electrons. The van der Waals surface area contributed by atoms with E-state index in [1.807, 2.05) is 11.4 Å². The molecule has 0 aliphatic heterocycles. The van der Waals surface area contributed by atoms with Gasteiger partial charge in [0.25, 0.3) is 0 Å². The fourth-order valence-electron chi connectivity index (χ4n) is 0.826. The quantitative estimate of drug-likeness (QED) is 0.473. The first-order valence-corrected chi connectivity index (χ1v) is 9.77. The summed E-state index contributed by atoms with van der Waals surface area (Å²) in [7, 11) is -3.16. The van der Waals surface area contributed by atoms with Gasteiger partial charge in [-0.25, -0.2) is 0 Å². The molecule has 0 spiro atoms. The van der Waals surface area contributed by atoms with E-state index in [1.54, 1.807) is 0 Å². The third kappa shape index (κ3) is 9.48. The molecule has 0 aliphatic carbocycles. The van der Waals surface area contributed by atoms with Crippen LogP contribution < -0.4 is 0 Å². The van der Waals surface area contributed by atoms with Crippen molar-refractivity contribution < 1.29 is 44.3 Å². The third-order valence-electron chi connectivity index (χ3n) is 1.34. The maximum atomic E-state index is 5.97. The topological polar surface area (TPSA) is 9.23 Å². The SMILES string of the molecule is C=C[Si](C)(C=C)O[Si](C)(C)C.[Ir].[Ir]. The molecular weight excluding hydrogens is 553 g/mol. The number of hydrogen-bond acceptors (Lipinski definition) is 1.